The topological polar surface area (TPSA) is 30.2 Å². The Morgan fingerprint density at radius 3 is 2.34 bits per heavy atom. The van der Waals surface area contributed by atoms with E-state index in [1.165, 1.54) is 11.1 Å². The fourth-order valence-corrected chi connectivity index (χ4v) is 3.50. The first kappa shape index (κ1) is 19.4. The smallest absolute Gasteiger partial charge is 0.230 e. The molecule has 29 heavy (non-hydrogen) atoms. The number of nitrogens with zero attached hydrogens (tertiary/aromatic N) is 3. The first-order valence-electron chi connectivity index (χ1n) is 9.75. The second-order valence-electron chi connectivity index (χ2n) is 8.21. The molecule has 0 atom stereocenters. The van der Waals surface area contributed by atoms with Gasteiger partial charge in [0, 0.05) is 16.8 Å². The molecule has 146 valence electrons. The minimum Gasteiger partial charge on any atom is -0.304 e. The highest BCUT2D eigenvalue weighted by molar-refractivity contribution is 6.33. The van der Waals surface area contributed by atoms with Crippen LogP contribution in [0.2, 0.25) is 5.02 Å². The van der Waals surface area contributed by atoms with Gasteiger partial charge in [-0.25, -0.2) is 9.98 Å². The van der Waals surface area contributed by atoms with Crippen LogP contribution in [0.4, 0.5) is 5.95 Å². The standard InChI is InChI=1S/C25H24ClN3/c1-25(2,3)20-14-12-18(13-15-20)17-29-23-11-7-6-10-22(23)28-24(29)27-16-19-8-4-5-9-21(19)26/h4-16H,17H2,1-3H3. The molecule has 0 radical (unpaired) electrons. The van der Waals surface area contributed by atoms with Crippen LogP contribution < -0.4 is 0 Å². The number of hydrogen-bond acceptors (Lipinski definition) is 2. The molecule has 0 saturated heterocycles. The largest absolute Gasteiger partial charge is 0.304 e. The molecule has 0 aliphatic carbocycles. The fraction of sp³-hybridized carbons (Fsp3) is 0.200. The lowest BCUT2D eigenvalue weighted by atomic mass is 9.87. The van der Waals surface area contributed by atoms with Crippen molar-refractivity contribution in [3.05, 3.63) is 94.5 Å². The number of para-hydroxylation sites is 2. The fourth-order valence-electron chi connectivity index (χ4n) is 3.32. The summed E-state index contributed by atoms with van der Waals surface area (Å²) in [4.78, 5) is 9.40. The van der Waals surface area contributed by atoms with Crippen molar-refractivity contribution in [1.29, 1.82) is 0 Å². The van der Waals surface area contributed by atoms with Crippen molar-refractivity contribution in [2.24, 2.45) is 4.99 Å². The third-order valence-electron chi connectivity index (χ3n) is 5.02. The minimum absolute atomic E-state index is 0.143. The Kier molecular flexibility index (Phi) is 5.25. The van der Waals surface area contributed by atoms with E-state index >= 15 is 0 Å². The van der Waals surface area contributed by atoms with Crippen molar-refractivity contribution < 1.29 is 0 Å². The van der Waals surface area contributed by atoms with Gasteiger partial charge in [0.05, 0.1) is 17.6 Å². The molecule has 4 rings (SSSR count). The Labute approximate surface area is 176 Å². The maximum absolute atomic E-state index is 6.27. The van der Waals surface area contributed by atoms with Crippen LogP contribution in [0.25, 0.3) is 11.0 Å². The molecule has 3 nitrogen and oxygen atoms in total. The van der Waals surface area contributed by atoms with Gasteiger partial charge in [-0.3, -0.25) is 0 Å². The summed E-state index contributed by atoms with van der Waals surface area (Å²) in [6.45, 7) is 7.40. The summed E-state index contributed by atoms with van der Waals surface area (Å²) < 4.78 is 2.15. The van der Waals surface area contributed by atoms with Crippen LogP contribution in [-0.2, 0) is 12.0 Å². The lowest BCUT2D eigenvalue weighted by Crippen LogP contribution is -2.11. The van der Waals surface area contributed by atoms with Crippen molar-refractivity contribution in [1.82, 2.24) is 9.55 Å². The van der Waals surface area contributed by atoms with E-state index in [2.05, 4.69) is 60.7 Å². The quantitative estimate of drug-likeness (QED) is 0.346. The predicted octanol–water partition coefficient (Wildman–Crippen LogP) is 6.79. The Balaban J connectivity index is 1.71. The SMILES string of the molecule is CC(C)(C)c1ccc(Cn2c(N=Cc3ccccc3Cl)nc3ccccc32)cc1. The third kappa shape index (κ3) is 4.25. The summed E-state index contributed by atoms with van der Waals surface area (Å²) in [6, 6.07) is 24.6. The summed E-state index contributed by atoms with van der Waals surface area (Å²) in [7, 11) is 0. The molecule has 4 aromatic rings. The molecule has 0 saturated carbocycles. The van der Waals surface area contributed by atoms with Gasteiger partial charge in [-0.05, 0) is 34.7 Å². The normalized spacial score (nSPS) is 12.1. The summed E-state index contributed by atoms with van der Waals surface area (Å²) in [5.41, 5.74) is 5.57. The highest BCUT2D eigenvalue weighted by Crippen LogP contribution is 2.26. The van der Waals surface area contributed by atoms with Crippen LogP contribution in [0.15, 0.2) is 77.8 Å². The Hall–Kier alpha value is -2.91. The number of imidazole rings is 1. The van der Waals surface area contributed by atoms with Crippen molar-refractivity contribution in [2.75, 3.05) is 0 Å². The average molecular weight is 402 g/mol. The van der Waals surface area contributed by atoms with Crippen LogP contribution in [0.3, 0.4) is 0 Å². The van der Waals surface area contributed by atoms with E-state index in [0.717, 1.165) is 16.6 Å². The van der Waals surface area contributed by atoms with E-state index in [1.54, 1.807) is 6.21 Å². The number of hydrogen-bond donors (Lipinski definition) is 0. The maximum Gasteiger partial charge on any atom is 0.230 e. The van der Waals surface area contributed by atoms with E-state index in [-0.39, 0.29) is 5.41 Å². The van der Waals surface area contributed by atoms with Gasteiger partial charge in [0.2, 0.25) is 5.95 Å². The number of aromatic nitrogens is 2. The monoisotopic (exact) mass is 401 g/mol. The van der Waals surface area contributed by atoms with Gasteiger partial charge in [0.25, 0.3) is 0 Å². The Morgan fingerprint density at radius 2 is 1.62 bits per heavy atom. The second kappa shape index (κ2) is 7.84. The Bertz CT molecular complexity index is 1160. The number of rotatable bonds is 4. The minimum atomic E-state index is 0.143. The molecule has 0 spiro atoms. The number of benzene rings is 3. The first-order valence-corrected chi connectivity index (χ1v) is 10.1. The second-order valence-corrected chi connectivity index (χ2v) is 8.62. The molecule has 0 aliphatic heterocycles. The summed E-state index contributed by atoms with van der Waals surface area (Å²) in [5.74, 6) is 0.672. The zero-order chi connectivity index (χ0) is 20.4. The highest BCUT2D eigenvalue weighted by atomic mass is 35.5. The molecule has 3 aromatic carbocycles. The van der Waals surface area contributed by atoms with Gasteiger partial charge in [-0.2, -0.15) is 0 Å². The molecule has 4 heteroatoms. The van der Waals surface area contributed by atoms with Crippen LogP contribution in [0.1, 0.15) is 37.5 Å². The van der Waals surface area contributed by atoms with Crippen molar-refractivity contribution in [3.8, 4) is 0 Å². The summed E-state index contributed by atoms with van der Waals surface area (Å²) in [5, 5.41) is 0.677. The van der Waals surface area contributed by atoms with Crippen molar-refractivity contribution in [3.63, 3.8) is 0 Å². The van der Waals surface area contributed by atoms with Gasteiger partial charge in [-0.15, -0.1) is 0 Å². The van der Waals surface area contributed by atoms with Gasteiger partial charge < -0.3 is 4.57 Å². The van der Waals surface area contributed by atoms with E-state index in [0.29, 0.717) is 17.5 Å². The van der Waals surface area contributed by atoms with Crippen LogP contribution in [0.5, 0.6) is 0 Å². The number of fused-ring (bicyclic) bond motifs is 1. The zero-order valence-electron chi connectivity index (χ0n) is 16.9. The van der Waals surface area contributed by atoms with Crippen LogP contribution in [-0.4, -0.2) is 15.8 Å². The molecule has 0 aliphatic rings. The molecule has 1 heterocycles. The van der Waals surface area contributed by atoms with Gasteiger partial charge >= 0.3 is 0 Å². The van der Waals surface area contributed by atoms with Crippen molar-refractivity contribution >= 4 is 34.8 Å². The molecule has 0 amide bonds. The van der Waals surface area contributed by atoms with Gasteiger partial charge in [0.1, 0.15) is 0 Å². The summed E-state index contributed by atoms with van der Waals surface area (Å²) >= 11 is 6.27. The number of halogens is 1. The first-order chi connectivity index (χ1) is 13.9. The summed E-state index contributed by atoms with van der Waals surface area (Å²) in [6.07, 6.45) is 1.78. The molecule has 1 aromatic heterocycles. The zero-order valence-corrected chi connectivity index (χ0v) is 17.7. The molecular weight excluding hydrogens is 378 g/mol. The van der Waals surface area contributed by atoms with Crippen LogP contribution in [0, 0.1) is 0 Å². The van der Waals surface area contributed by atoms with Gasteiger partial charge in [0.15, 0.2) is 0 Å². The Morgan fingerprint density at radius 1 is 0.931 bits per heavy atom. The lowest BCUT2D eigenvalue weighted by molar-refractivity contribution is 0.590. The van der Waals surface area contributed by atoms with E-state index in [9.17, 15) is 0 Å². The molecule has 0 unspecified atom stereocenters. The van der Waals surface area contributed by atoms with E-state index in [4.69, 9.17) is 16.6 Å². The molecule has 0 N–H and O–H groups in total. The van der Waals surface area contributed by atoms with Gasteiger partial charge in [-0.1, -0.05) is 87.0 Å². The van der Waals surface area contributed by atoms with Crippen LogP contribution >= 0.6 is 11.6 Å². The molecular formula is C25H24ClN3. The predicted molar refractivity (Wildman–Crippen MR) is 123 cm³/mol. The van der Waals surface area contributed by atoms with Crippen molar-refractivity contribution in [2.45, 2.75) is 32.7 Å². The lowest BCUT2D eigenvalue weighted by Gasteiger charge is -2.19. The number of aliphatic imine (C=N–C) groups is 1. The van der Waals surface area contributed by atoms with E-state index < -0.39 is 0 Å². The highest BCUT2D eigenvalue weighted by Gasteiger charge is 2.14. The average Bonchev–Trinajstić information content (AvgIpc) is 3.05. The third-order valence-corrected chi connectivity index (χ3v) is 5.36. The van der Waals surface area contributed by atoms with E-state index in [1.807, 2.05) is 42.5 Å². The molecule has 0 fully saturated rings. The maximum atomic E-state index is 6.27. The molecule has 0 bridgehead atoms.